The van der Waals surface area contributed by atoms with E-state index in [9.17, 15) is 0 Å². The van der Waals surface area contributed by atoms with E-state index in [1.807, 2.05) is 6.07 Å². The van der Waals surface area contributed by atoms with E-state index in [-0.39, 0.29) is 10.9 Å². The second kappa shape index (κ2) is 9.82. The Balaban J connectivity index is 0.00000127. The molecule has 0 radical (unpaired) electrons. The first-order valence-electron chi connectivity index (χ1n) is 7.73. The van der Waals surface area contributed by atoms with E-state index in [2.05, 4.69) is 89.1 Å². The van der Waals surface area contributed by atoms with E-state index in [0.717, 1.165) is 17.9 Å². The van der Waals surface area contributed by atoms with Gasteiger partial charge in [0.2, 0.25) is 9.80 Å². The number of fused-ring (bicyclic) bond motifs is 1. The quantitative estimate of drug-likeness (QED) is 0.376. The van der Waals surface area contributed by atoms with Crippen LogP contribution in [0.1, 0.15) is 34.1 Å². The van der Waals surface area contributed by atoms with Crippen molar-refractivity contribution >= 4 is 10.9 Å². The van der Waals surface area contributed by atoms with E-state index in [4.69, 9.17) is 4.74 Å². The second-order valence-corrected chi connectivity index (χ2v) is 6.74. The van der Waals surface area contributed by atoms with E-state index in [0.29, 0.717) is 0 Å². The predicted molar refractivity (Wildman–Crippen MR) is 103 cm³/mol. The maximum Gasteiger partial charge on any atom is 0.209 e. The zero-order valence-corrected chi connectivity index (χ0v) is 15.2. The molecular formula is C21H25OS+. The lowest BCUT2D eigenvalue weighted by molar-refractivity contribution is 0.412. The van der Waals surface area contributed by atoms with Crippen LogP contribution in [0.4, 0.5) is 0 Å². The van der Waals surface area contributed by atoms with Gasteiger partial charge in [0.05, 0.1) is 0 Å². The molecule has 1 unspecified atom stereocenters. The maximum absolute atomic E-state index is 6.01. The van der Waals surface area contributed by atoms with Crippen molar-refractivity contribution in [3.63, 3.8) is 0 Å². The summed E-state index contributed by atoms with van der Waals surface area (Å²) in [6, 6.07) is 8.36. The Morgan fingerprint density at radius 3 is 2.52 bits per heavy atom. The molecule has 2 rings (SSSR count). The minimum absolute atomic E-state index is 0.0845. The Bertz CT molecular complexity index is 659. The highest BCUT2D eigenvalue weighted by Gasteiger charge is 2.39. The van der Waals surface area contributed by atoms with Crippen molar-refractivity contribution in [2.75, 3.05) is 0 Å². The van der Waals surface area contributed by atoms with Crippen LogP contribution in [0.15, 0.2) is 75.1 Å². The molecule has 1 heterocycles. The van der Waals surface area contributed by atoms with Gasteiger partial charge in [0.1, 0.15) is 10.9 Å². The summed E-state index contributed by atoms with van der Waals surface area (Å²) in [6.45, 7) is 8.39. The molecule has 0 fully saturated rings. The topological polar surface area (TPSA) is 9.23 Å². The molecule has 0 saturated carbocycles. The maximum atomic E-state index is 6.01. The molecule has 1 atom stereocenters. The summed E-state index contributed by atoms with van der Waals surface area (Å²) in [7, 11) is -0.0845. The molecule has 1 aromatic carbocycles. The molecule has 23 heavy (non-hydrogen) atoms. The van der Waals surface area contributed by atoms with Crippen molar-refractivity contribution in [1.29, 1.82) is 0 Å². The summed E-state index contributed by atoms with van der Waals surface area (Å²) in [4.78, 5) is 3.88. The minimum Gasteiger partial charge on any atom is -0.451 e. The minimum atomic E-state index is -0.0845. The normalized spacial score (nSPS) is 17.7. The van der Waals surface area contributed by atoms with Gasteiger partial charge in [-0.3, -0.25) is 0 Å². The number of terminal acetylenes is 1. The smallest absolute Gasteiger partial charge is 0.209 e. The molecule has 2 heteroatoms. The van der Waals surface area contributed by atoms with Crippen molar-refractivity contribution in [2.24, 2.45) is 0 Å². The van der Waals surface area contributed by atoms with Crippen LogP contribution < -0.4 is 4.74 Å². The summed E-state index contributed by atoms with van der Waals surface area (Å²) < 4.78 is 6.01. The molecule has 0 amide bonds. The standard InChI is InChI=1S/C19H23OS.C2H2/c1-5-8-12-16(7-3)21-18(11-6-2)15(4)20-17-13-9-10-14-19(17)21;1-2/h6-14H,5H2,1-4H3;1-2H/q+1;/b11-6-,12-8-,16-7+;. The van der Waals surface area contributed by atoms with Gasteiger partial charge in [-0.25, -0.2) is 0 Å². The number of allylic oxidation sites excluding steroid dienone is 6. The van der Waals surface area contributed by atoms with Crippen molar-refractivity contribution < 1.29 is 4.74 Å². The fourth-order valence-electron chi connectivity index (χ4n) is 2.29. The third kappa shape index (κ3) is 4.43. The van der Waals surface area contributed by atoms with Crippen LogP contribution in [0.3, 0.4) is 0 Å². The molecule has 0 aromatic heterocycles. The van der Waals surface area contributed by atoms with Gasteiger partial charge >= 0.3 is 0 Å². The Hall–Kier alpha value is -2.11. The average Bonchev–Trinajstić information content (AvgIpc) is 2.59. The Labute approximate surface area is 143 Å². The third-order valence-electron chi connectivity index (χ3n) is 3.26. The van der Waals surface area contributed by atoms with Gasteiger partial charge in [0.15, 0.2) is 16.4 Å². The molecule has 0 N–H and O–H groups in total. The molecular weight excluding hydrogens is 300 g/mol. The first-order chi connectivity index (χ1) is 11.2. The van der Waals surface area contributed by atoms with Crippen LogP contribution in [0.2, 0.25) is 0 Å². The van der Waals surface area contributed by atoms with Crippen LogP contribution in [0, 0.1) is 12.8 Å². The lowest BCUT2D eigenvalue weighted by atomic mass is 10.3. The summed E-state index contributed by atoms with van der Waals surface area (Å²) in [5, 5.41) is 0. The van der Waals surface area contributed by atoms with Crippen LogP contribution in [0.25, 0.3) is 0 Å². The number of hydrogen-bond donors (Lipinski definition) is 0. The van der Waals surface area contributed by atoms with E-state index < -0.39 is 0 Å². The molecule has 1 aliphatic heterocycles. The zero-order valence-electron chi connectivity index (χ0n) is 14.4. The summed E-state index contributed by atoms with van der Waals surface area (Å²) in [6.07, 6.45) is 20.0. The van der Waals surface area contributed by atoms with Crippen molar-refractivity contribution in [3.05, 3.63) is 70.2 Å². The molecule has 0 aliphatic carbocycles. The highest BCUT2D eigenvalue weighted by molar-refractivity contribution is 8.04. The number of benzene rings is 1. The number of rotatable bonds is 4. The third-order valence-corrected chi connectivity index (χ3v) is 5.74. The van der Waals surface area contributed by atoms with Gasteiger partial charge in [-0.15, -0.1) is 12.8 Å². The highest BCUT2D eigenvalue weighted by atomic mass is 32.2. The molecule has 0 spiro atoms. The Kier molecular flexibility index (Phi) is 8.08. The first kappa shape index (κ1) is 18.9. The fourth-order valence-corrected chi connectivity index (χ4v) is 4.63. The molecule has 0 bridgehead atoms. The number of ether oxygens (including phenoxy) is 1. The average molecular weight is 325 g/mol. The van der Waals surface area contributed by atoms with Crippen molar-refractivity contribution in [2.45, 2.75) is 39.0 Å². The van der Waals surface area contributed by atoms with Gasteiger partial charge < -0.3 is 4.74 Å². The summed E-state index contributed by atoms with van der Waals surface area (Å²) in [5.74, 6) is 1.98. The molecule has 120 valence electrons. The predicted octanol–water partition coefficient (Wildman–Crippen LogP) is 5.98. The van der Waals surface area contributed by atoms with Crippen LogP contribution >= 0.6 is 0 Å². The zero-order chi connectivity index (χ0) is 17.2. The van der Waals surface area contributed by atoms with E-state index in [1.54, 1.807) is 0 Å². The van der Waals surface area contributed by atoms with Crippen molar-refractivity contribution in [3.8, 4) is 18.6 Å². The fraction of sp³-hybridized carbons (Fsp3) is 0.238. The monoisotopic (exact) mass is 325 g/mol. The first-order valence-corrected chi connectivity index (χ1v) is 8.96. The summed E-state index contributed by atoms with van der Waals surface area (Å²) in [5.41, 5.74) is 0. The molecule has 0 saturated heterocycles. The lowest BCUT2D eigenvalue weighted by Crippen LogP contribution is -2.16. The number of para-hydroxylation sites is 1. The molecule has 1 nitrogen and oxygen atoms in total. The molecule has 1 aliphatic rings. The summed E-state index contributed by atoms with van der Waals surface area (Å²) >= 11 is 0. The molecule has 1 aromatic rings. The Morgan fingerprint density at radius 1 is 1.22 bits per heavy atom. The van der Waals surface area contributed by atoms with E-state index in [1.165, 1.54) is 14.7 Å². The van der Waals surface area contributed by atoms with Gasteiger partial charge in [-0.1, -0.05) is 31.2 Å². The SMILES string of the molecule is C#C.C/C=C\C1=C(C)Oc2ccccc2[S+]1C(/C=C\CC)=C/C. The van der Waals surface area contributed by atoms with E-state index >= 15 is 0 Å². The number of hydrogen-bond acceptors (Lipinski definition) is 1. The largest absolute Gasteiger partial charge is 0.451 e. The van der Waals surface area contributed by atoms with Gasteiger partial charge in [0, 0.05) is 0 Å². The highest BCUT2D eigenvalue weighted by Crippen LogP contribution is 2.42. The van der Waals surface area contributed by atoms with Crippen LogP contribution in [-0.4, -0.2) is 0 Å². The second-order valence-electron chi connectivity index (χ2n) is 4.78. The van der Waals surface area contributed by atoms with Gasteiger partial charge in [0.25, 0.3) is 0 Å². The van der Waals surface area contributed by atoms with Crippen LogP contribution in [-0.2, 0) is 10.9 Å². The van der Waals surface area contributed by atoms with Crippen LogP contribution in [0.5, 0.6) is 5.75 Å². The Morgan fingerprint density at radius 2 is 1.91 bits per heavy atom. The van der Waals surface area contributed by atoms with Gasteiger partial charge in [-0.2, -0.15) is 0 Å². The van der Waals surface area contributed by atoms with Crippen molar-refractivity contribution in [1.82, 2.24) is 0 Å². The lowest BCUT2D eigenvalue weighted by Gasteiger charge is -2.20. The van der Waals surface area contributed by atoms with Gasteiger partial charge in [-0.05, 0) is 57.6 Å².